The molecule has 0 N–H and O–H groups in total. The number of ketones is 1. The highest BCUT2D eigenvalue weighted by molar-refractivity contribution is 5.83. The van der Waals surface area contributed by atoms with Gasteiger partial charge in [0.2, 0.25) is 0 Å². The Morgan fingerprint density at radius 2 is 2.00 bits per heavy atom. The van der Waals surface area contributed by atoms with E-state index in [1.54, 1.807) is 0 Å². The molecule has 11 heavy (non-hydrogen) atoms. The zero-order chi connectivity index (χ0) is 7.84. The van der Waals surface area contributed by atoms with Gasteiger partial charge in [0.15, 0.2) is 0 Å². The van der Waals surface area contributed by atoms with Crippen LogP contribution in [0, 0.1) is 17.8 Å². The largest absolute Gasteiger partial charge is 0.299 e. The molecule has 0 unspecified atom stereocenters. The predicted octanol–water partition coefficient (Wildman–Crippen LogP) is 2.40. The zero-order valence-corrected chi connectivity index (χ0v) is 7.18. The Morgan fingerprint density at radius 3 is 2.45 bits per heavy atom. The van der Waals surface area contributed by atoms with E-state index in [1.807, 2.05) is 0 Å². The number of hydrogen-bond donors (Lipinski definition) is 0. The Morgan fingerprint density at radius 1 is 1.36 bits per heavy atom. The van der Waals surface area contributed by atoms with Crippen LogP contribution in [0.1, 0.15) is 39.0 Å². The van der Waals surface area contributed by atoms with Crippen molar-refractivity contribution in [1.29, 1.82) is 0 Å². The van der Waals surface area contributed by atoms with Crippen molar-refractivity contribution in [3.05, 3.63) is 0 Å². The van der Waals surface area contributed by atoms with Gasteiger partial charge in [-0.25, -0.2) is 0 Å². The van der Waals surface area contributed by atoms with E-state index in [2.05, 4.69) is 6.92 Å². The van der Waals surface area contributed by atoms with Gasteiger partial charge in [0.05, 0.1) is 0 Å². The van der Waals surface area contributed by atoms with E-state index in [0.717, 1.165) is 18.3 Å². The zero-order valence-electron chi connectivity index (χ0n) is 7.18. The third kappa shape index (κ3) is 1.63. The van der Waals surface area contributed by atoms with Crippen molar-refractivity contribution in [2.45, 2.75) is 39.0 Å². The number of Topliss-reactive ketones (excluding diaryl/α,β-unsaturated/α-hetero) is 1. The average Bonchev–Trinajstić information content (AvgIpc) is 2.64. The molecule has 2 fully saturated rings. The molecule has 2 rings (SSSR count). The van der Waals surface area contributed by atoms with Crippen molar-refractivity contribution in [3.63, 3.8) is 0 Å². The van der Waals surface area contributed by atoms with E-state index in [9.17, 15) is 4.79 Å². The standard InChI is InChI=1S/C10H16O/c1-7-4-8(5-7)6-10(11)9-2-3-9/h7-9H,2-6H2,1H3. The molecule has 1 heteroatoms. The molecule has 0 aromatic rings. The summed E-state index contributed by atoms with van der Waals surface area (Å²) in [7, 11) is 0. The fourth-order valence-corrected chi connectivity index (χ4v) is 2.09. The molecule has 0 atom stereocenters. The van der Waals surface area contributed by atoms with Crippen LogP contribution < -0.4 is 0 Å². The van der Waals surface area contributed by atoms with Crippen LogP contribution in [-0.2, 0) is 4.79 Å². The molecule has 0 radical (unpaired) electrons. The van der Waals surface area contributed by atoms with E-state index in [-0.39, 0.29) is 0 Å². The van der Waals surface area contributed by atoms with Crippen LogP contribution >= 0.6 is 0 Å². The molecule has 2 saturated carbocycles. The average molecular weight is 152 g/mol. The van der Waals surface area contributed by atoms with Crippen LogP contribution in [0.3, 0.4) is 0 Å². The maximum atomic E-state index is 11.3. The smallest absolute Gasteiger partial charge is 0.136 e. The summed E-state index contributed by atoms with van der Waals surface area (Å²) in [6, 6.07) is 0. The minimum atomic E-state index is 0.492. The molecular weight excluding hydrogens is 136 g/mol. The highest BCUT2D eigenvalue weighted by Gasteiger charge is 2.34. The van der Waals surface area contributed by atoms with Crippen molar-refractivity contribution in [2.24, 2.45) is 17.8 Å². The normalized spacial score (nSPS) is 36.5. The van der Waals surface area contributed by atoms with Crippen LogP contribution in [0.4, 0.5) is 0 Å². The Hall–Kier alpha value is -0.330. The number of carbonyl (C=O) groups excluding carboxylic acids is 1. The molecule has 0 saturated heterocycles. The third-order valence-corrected chi connectivity index (χ3v) is 2.99. The Bertz CT molecular complexity index is 164. The fourth-order valence-electron chi connectivity index (χ4n) is 2.09. The van der Waals surface area contributed by atoms with E-state index >= 15 is 0 Å². The van der Waals surface area contributed by atoms with E-state index in [1.165, 1.54) is 25.7 Å². The van der Waals surface area contributed by atoms with E-state index in [0.29, 0.717) is 11.7 Å². The van der Waals surface area contributed by atoms with Gasteiger partial charge in [0.25, 0.3) is 0 Å². The van der Waals surface area contributed by atoms with Crippen LogP contribution in [0.5, 0.6) is 0 Å². The van der Waals surface area contributed by atoms with Gasteiger partial charge in [-0.3, -0.25) is 4.79 Å². The molecule has 2 aliphatic rings. The van der Waals surface area contributed by atoms with Crippen molar-refractivity contribution >= 4 is 5.78 Å². The van der Waals surface area contributed by atoms with Crippen LogP contribution in [-0.4, -0.2) is 5.78 Å². The molecule has 0 spiro atoms. The lowest BCUT2D eigenvalue weighted by molar-refractivity contribution is -0.122. The molecule has 0 aromatic heterocycles. The van der Waals surface area contributed by atoms with Gasteiger partial charge in [-0.1, -0.05) is 6.92 Å². The second-order valence-electron chi connectivity index (χ2n) is 4.39. The van der Waals surface area contributed by atoms with Crippen LogP contribution in [0.15, 0.2) is 0 Å². The second-order valence-corrected chi connectivity index (χ2v) is 4.39. The maximum Gasteiger partial charge on any atom is 0.136 e. The molecule has 2 aliphatic carbocycles. The number of rotatable bonds is 3. The third-order valence-electron chi connectivity index (χ3n) is 2.99. The summed E-state index contributed by atoms with van der Waals surface area (Å²) in [5.41, 5.74) is 0. The Balaban J connectivity index is 1.69. The molecular formula is C10H16O. The molecule has 0 heterocycles. The van der Waals surface area contributed by atoms with Crippen molar-refractivity contribution in [2.75, 3.05) is 0 Å². The number of carbonyl (C=O) groups is 1. The lowest BCUT2D eigenvalue weighted by atomic mass is 9.73. The minimum absolute atomic E-state index is 0.492. The molecule has 0 aromatic carbocycles. The van der Waals surface area contributed by atoms with E-state index in [4.69, 9.17) is 0 Å². The second kappa shape index (κ2) is 2.62. The molecule has 0 bridgehead atoms. The first-order valence-corrected chi connectivity index (χ1v) is 4.78. The van der Waals surface area contributed by atoms with Gasteiger partial charge in [-0.15, -0.1) is 0 Å². The quantitative estimate of drug-likeness (QED) is 0.607. The summed E-state index contributed by atoms with van der Waals surface area (Å²) in [4.78, 5) is 11.3. The van der Waals surface area contributed by atoms with E-state index < -0.39 is 0 Å². The lowest BCUT2D eigenvalue weighted by Gasteiger charge is -2.32. The highest BCUT2D eigenvalue weighted by atomic mass is 16.1. The summed E-state index contributed by atoms with van der Waals surface area (Å²) in [5.74, 6) is 2.71. The minimum Gasteiger partial charge on any atom is -0.299 e. The van der Waals surface area contributed by atoms with Crippen LogP contribution in [0.25, 0.3) is 0 Å². The summed E-state index contributed by atoms with van der Waals surface area (Å²) >= 11 is 0. The monoisotopic (exact) mass is 152 g/mol. The number of hydrogen-bond acceptors (Lipinski definition) is 1. The summed E-state index contributed by atoms with van der Waals surface area (Å²) < 4.78 is 0. The fraction of sp³-hybridized carbons (Fsp3) is 0.900. The van der Waals surface area contributed by atoms with Gasteiger partial charge in [0.1, 0.15) is 5.78 Å². The maximum absolute atomic E-state index is 11.3. The van der Waals surface area contributed by atoms with Crippen molar-refractivity contribution < 1.29 is 4.79 Å². The topological polar surface area (TPSA) is 17.1 Å². The predicted molar refractivity (Wildman–Crippen MR) is 44.2 cm³/mol. The summed E-state index contributed by atoms with van der Waals surface area (Å²) in [6.07, 6.45) is 5.87. The van der Waals surface area contributed by atoms with Gasteiger partial charge < -0.3 is 0 Å². The molecule has 0 amide bonds. The van der Waals surface area contributed by atoms with Crippen LogP contribution in [0.2, 0.25) is 0 Å². The van der Waals surface area contributed by atoms with Gasteiger partial charge in [-0.05, 0) is 37.5 Å². The van der Waals surface area contributed by atoms with Gasteiger partial charge in [-0.2, -0.15) is 0 Å². The SMILES string of the molecule is CC1CC(CC(=O)C2CC2)C1. The van der Waals surface area contributed by atoms with Gasteiger partial charge >= 0.3 is 0 Å². The van der Waals surface area contributed by atoms with Crippen molar-refractivity contribution in [1.82, 2.24) is 0 Å². The summed E-state index contributed by atoms with van der Waals surface area (Å²) in [5, 5.41) is 0. The lowest BCUT2D eigenvalue weighted by Crippen LogP contribution is -2.24. The Kier molecular flexibility index (Phi) is 1.74. The first-order valence-electron chi connectivity index (χ1n) is 4.78. The molecule has 62 valence electrons. The molecule has 0 aliphatic heterocycles. The summed E-state index contributed by atoms with van der Waals surface area (Å²) in [6.45, 7) is 2.28. The first kappa shape index (κ1) is 7.33. The molecule has 1 nitrogen and oxygen atoms in total. The van der Waals surface area contributed by atoms with Gasteiger partial charge in [0, 0.05) is 12.3 Å². The first-order chi connectivity index (χ1) is 5.25. The van der Waals surface area contributed by atoms with Crippen molar-refractivity contribution in [3.8, 4) is 0 Å². The Labute approximate surface area is 68.2 Å². The highest BCUT2D eigenvalue weighted by Crippen LogP contribution is 2.39.